The molecule has 1 N–H and O–H groups in total. The van der Waals surface area contributed by atoms with E-state index in [2.05, 4.69) is 17.4 Å². The minimum absolute atomic E-state index is 0.0679. The van der Waals surface area contributed by atoms with Crippen molar-refractivity contribution in [1.29, 1.82) is 0 Å². The van der Waals surface area contributed by atoms with Crippen molar-refractivity contribution in [3.8, 4) is 5.75 Å². The van der Waals surface area contributed by atoms with Crippen LogP contribution in [0.3, 0.4) is 0 Å². The number of carbonyl (C=O) groups is 1. The molecule has 1 amide bonds. The van der Waals surface area contributed by atoms with Crippen molar-refractivity contribution in [2.75, 3.05) is 25.5 Å². The highest BCUT2D eigenvalue weighted by atomic mass is 32.2. The Bertz CT molecular complexity index is 654. The first-order valence-electron chi connectivity index (χ1n) is 8.62. The number of carbonyl (C=O) groups excluding carboxylic acids is 1. The van der Waals surface area contributed by atoms with Crippen LogP contribution >= 0.6 is 11.8 Å². The molecule has 25 heavy (non-hydrogen) atoms. The predicted molar refractivity (Wildman–Crippen MR) is 100 cm³/mol. The minimum Gasteiger partial charge on any atom is -0.493 e. The van der Waals surface area contributed by atoms with Crippen molar-refractivity contribution in [3.63, 3.8) is 0 Å². The van der Waals surface area contributed by atoms with Crippen molar-refractivity contribution >= 4 is 17.7 Å². The van der Waals surface area contributed by atoms with Gasteiger partial charge in [-0.1, -0.05) is 18.2 Å². The van der Waals surface area contributed by atoms with E-state index in [-0.39, 0.29) is 12.0 Å². The molecule has 1 atom stereocenters. The Balaban J connectivity index is 1.38. The molecule has 5 heteroatoms. The standard InChI is InChI=1S/C20H23NO3S/c22-20(21-15-18-5-4-12-23-18)16-8-10-17(11-9-16)24-13-14-25-19-6-2-1-3-7-19/h1-3,6-11,18H,4-5,12-15H2,(H,21,22). The van der Waals surface area contributed by atoms with E-state index in [4.69, 9.17) is 9.47 Å². The monoisotopic (exact) mass is 357 g/mol. The maximum atomic E-state index is 12.1. The second kappa shape index (κ2) is 9.49. The van der Waals surface area contributed by atoms with Crippen molar-refractivity contribution in [2.24, 2.45) is 0 Å². The van der Waals surface area contributed by atoms with Crippen LogP contribution in [-0.4, -0.2) is 37.5 Å². The lowest BCUT2D eigenvalue weighted by Gasteiger charge is -2.11. The number of hydrogen-bond donors (Lipinski definition) is 1. The lowest BCUT2D eigenvalue weighted by Crippen LogP contribution is -2.31. The number of nitrogens with one attached hydrogen (secondary N) is 1. The minimum atomic E-state index is -0.0679. The predicted octanol–water partition coefficient (Wildman–Crippen LogP) is 3.77. The van der Waals surface area contributed by atoms with Gasteiger partial charge in [-0.25, -0.2) is 0 Å². The lowest BCUT2D eigenvalue weighted by atomic mass is 10.2. The van der Waals surface area contributed by atoms with Crippen LogP contribution in [0.4, 0.5) is 0 Å². The van der Waals surface area contributed by atoms with Gasteiger partial charge in [-0.3, -0.25) is 4.79 Å². The first kappa shape index (κ1) is 17.8. The third-order valence-corrected chi connectivity index (χ3v) is 4.97. The zero-order valence-electron chi connectivity index (χ0n) is 14.1. The highest BCUT2D eigenvalue weighted by Crippen LogP contribution is 2.18. The van der Waals surface area contributed by atoms with Gasteiger partial charge in [0.2, 0.25) is 0 Å². The third kappa shape index (κ3) is 5.80. The zero-order chi connectivity index (χ0) is 17.3. The quantitative estimate of drug-likeness (QED) is 0.577. The summed E-state index contributed by atoms with van der Waals surface area (Å²) in [7, 11) is 0. The van der Waals surface area contributed by atoms with Gasteiger partial charge in [0, 0.05) is 29.4 Å². The van der Waals surface area contributed by atoms with E-state index in [1.807, 2.05) is 30.3 Å². The summed E-state index contributed by atoms with van der Waals surface area (Å²) in [5.41, 5.74) is 0.643. The highest BCUT2D eigenvalue weighted by Gasteiger charge is 2.16. The first-order valence-corrected chi connectivity index (χ1v) is 9.60. The topological polar surface area (TPSA) is 47.6 Å². The molecule has 1 fully saturated rings. The summed E-state index contributed by atoms with van der Waals surface area (Å²) in [6, 6.07) is 17.5. The number of amides is 1. The largest absolute Gasteiger partial charge is 0.493 e. The Labute approximate surface area is 152 Å². The van der Waals surface area contributed by atoms with E-state index in [9.17, 15) is 4.79 Å². The molecule has 0 bridgehead atoms. The molecule has 1 heterocycles. The summed E-state index contributed by atoms with van der Waals surface area (Å²) in [6.45, 7) is 2.01. The Morgan fingerprint density at radius 3 is 2.68 bits per heavy atom. The van der Waals surface area contributed by atoms with E-state index in [1.54, 1.807) is 23.9 Å². The van der Waals surface area contributed by atoms with Gasteiger partial charge in [0.05, 0.1) is 12.7 Å². The molecule has 1 aliphatic rings. The van der Waals surface area contributed by atoms with Gasteiger partial charge in [0.25, 0.3) is 5.91 Å². The summed E-state index contributed by atoms with van der Waals surface area (Å²) in [5, 5.41) is 2.92. The normalized spacial score (nSPS) is 16.6. The Hall–Kier alpha value is -1.98. The summed E-state index contributed by atoms with van der Waals surface area (Å²) >= 11 is 1.77. The molecule has 0 spiro atoms. The highest BCUT2D eigenvalue weighted by molar-refractivity contribution is 7.99. The SMILES string of the molecule is O=C(NCC1CCCO1)c1ccc(OCCSc2ccccc2)cc1. The zero-order valence-corrected chi connectivity index (χ0v) is 15.0. The van der Waals surface area contributed by atoms with Gasteiger partial charge in [-0.05, 0) is 49.2 Å². The van der Waals surface area contributed by atoms with Crippen molar-refractivity contribution in [2.45, 2.75) is 23.8 Å². The first-order chi connectivity index (χ1) is 12.3. The van der Waals surface area contributed by atoms with Crippen LogP contribution in [-0.2, 0) is 4.74 Å². The number of ether oxygens (including phenoxy) is 2. The van der Waals surface area contributed by atoms with Gasteiger partial charge >= 0.3 is 0 Å². The van der Waals surface area contributed by atoms with Gasteiger partial charge in [-0.2, -0.15) is 0 Å². The van der Waals surface area contributed by atoms with E-state index >= 15 is 0 Å². The summed E-state index contributed by atoms with van der Waals surface area (Å²) < 4.78 is 11.2. The average molecular weight is 357 g/mol. The molecule has 1 unspecified atom stereocenters. The van der Waals surface area contributed by atoms with E-state index in [1.165, 1.54) is 4.90 Å². The molecule has 3 rings (SSSR count). The van der Waals surface area contributed by atoms with Crippen LogP contribution in [0, 0.1) is 0 Å². The molecule has 2 aromatic carbocycles. The number of thioether (sulfide) groups is 1. The second-order valence-electron chi connectivity index (χ2n) is 5.88. The van der Waals surface area contributed by atoms with E-state index < -0.39 is 0 Å². The Morgan fingerprint density at radius 1 is 1.16 bits per heavy atom. The Kier molecular flexibility index (Phi) is 6.77. The number of hydrogen-bond acceptors (Lipinski definition) is 4. The van der Waals surface area contributed by atoms with Crippen LogP contribution in [0.5, 0.6) is 5.75 Å². The fourth-order valence-corrected chi connectivity index (χ4v) is 3.40. The van der Waals surface area contributed by atoms with Crippen molar-refractivity contribution < 1.29 is 14.3 Å². The second-order valence-corrected chi connectivity index (χ2v) is 7.05. The fourth-order valence-electron chi connectivity index (χ4n) is 2.65. The average Bonchev–Trinajstić information content (AvgIpc) is 3.18. The summed E-state index contributed by atoms with van der Waals surface area (Å²) in [6.07, 6.45) is 2.26. The van der Waals surface area contributed by atoms with Crippen LogP contribution in [0.15, 0.2) is 59.5 Å². The molecule has 0 aromatic heterocycles. The maximum absolute atomic E-state index is 12.1. The van der Waals surface area contributed by atoms with Crippen LogP contribution in [0.2, 0.25) is 0 Å². The van der Waals surface area contributed by atoms with Gasteiger partial charge in [-0.15, -0.1) is 11.8 Å². The van der Waals surface area contributed by atoms with Crippen molar-refractivity contribution in [1.82, 2.24) is 5.32 Å². The van der Waals surface area contributed by atoms with E-state index in [0.29, 0.717) is 18.7 Å². The smallest absolute Gasteiger partial charge is 0.251 e. The van der Waals surface area contributed by atoms with E-state index in [0.717, 1.165) is 31.0 Å². The molecular formula is C20H23NO3S. The molecular weight excluding hydrogens is 334 g/mol. The third-order valence-electron chi connectivity index (χ3n) is 3.99. The molecule has 0 saturated carbocycles. The maximum Gasteiger partial charge on any atom is 0.251 e. The Morgan fingerprint density at radius 2 is 1.96 bits per heavy atom. The molecule has 1 aliphatic heterocycles. The summed E-state index contributed by atoms with van der Waals surface area (Å²) in [4.78, 5) is 13.4. The summed E-state index contributed by atoms with van der Waals surface area (Å²) in [5.74, 6) is 1.60. The fraction of sp³-hybridized carbons (Fsp3) is 0.350. The molecule has 132 valence electrons. The number of benzene rings is 2. The lowest BCUT2D eigenvalue weighted by molar-refractivity contribution is 0.0858. The van der Waals surface area contributed by atoms with Crippen LogP contribution < -0.4 is 10.1 Å². The van der Waals surface area contributed by atoms with Gasteiger partial charge < -0.3 is 14.8 Å². The molecule has 2 aromatic rings. The molecule has 0 radical (unpaired) electrons. The number of rotatable bonds is 8. The van der Waals surface area contributed by atoms with Crippen molar-refractivity contribution in [3.05, 3.63) is 60.2 Å². The van der Waals surface area contributed by atoms with Gasteiger partial charge in [0.15, 0.2) is 0 Å². The van der Waals surface area contributed by atoms with Gasteiger partial charge in [0.1, 0.15) is 5.75 Å². The van der Waals surface area contributed by atoms with Crippen LogP contribution in [0.1, 0.15) is 23.2 Å². The molecule has 1 saturated heterocycles. The molecule has 4 nitrogen and oxygen atoms in total. The van der Waals surface area contributed by atoms with Crippen LogP contribution in [0.25, 0.3) is 0 Å². The molecule has 0 aliphatic carbocycles.